The van der Waals surface area contributed by atoms with Gasteiger partial charge >= 0.3 is 12.2 Å². The molecule has 0 aromatic heterocycles. The van der Waals surface area contributed by atoms with E-state index < -0.39 is 24.7 Å². The first-order valence-electron chi connectivity index (χ1n) is 5.65. The van der Waals surface area contributed by atoms with Crippen molar-refractivity contribution in [2.75, 3.05) is 26.2 Å². The topological polar surface area (TPSA) is 61.4 Å². The van der Waals surface area contributed by atoms with E-state index in [1.165, 1.54) is 0 Å². The molecule has 5 nitrogen and oxygen atoms in total. The predicted octanol–water partition coefficient (Wildman–Crippen LogP) is 1.27. The molecule has 19 heavy (non-hydrogen) atoms. The average molecular weight is 281 g/mol. The maximum Gasteiger partial charge on any atom is 0.405 e. The number of likely N-dealkylation sites (N-methyl/N-ethyl adjacent to an activating group) is 1. The molecule has 0 heterocycles. The van der Waals surface area contributed by atoms with Crippen molar-refractivity contribution in [2.24, 2.45) is 0 Å². The predicted molar refractivity (Wildman–Crippen MR) is 64.5 cm³/mol. The van der Waals surface area contributed by atoms with Crippen LogP contribution in [0, 0.1) is 0 Å². The smallest absolute Gasteiger partial charge is 0.329 e. The van der Waals surface area contributed by atoms with Crippen LogP contribution in [0.3, 0.4) is 0 Å². The molecule has 0 aliphatic rings. The Balaban J connectivity index is 4.08. The third-order valence-electron chi connectivity index (χ3n) is 2.01. The van der Waals surface area contributed by atoms with Gasteiger partial charge < -0.3 is 5.32 Å². The standard InChI is InChI=1S/C11H18F3N3O2/c1-4-17(5-8(2)3)6-9(18)16-10(19)15-7-11(12,13)14/h2,4-7H2,1,3H3,(H2,15,16,18,19). The minimum absolute atomic E-state index is 0.0806. The summed E-state index contributed by atoms with van der Waals surface area (Å²) < 4.78 is 35.4. The molecule has 0 fully saturated rings. The van der Waals surface area contributed by atoms with Crippen LogP contribution in [0.2, 0.25) is 0 Å². The molecule has 0 unspecified atom stereocenters. The van der Waals surface area contributed by atoms with Gasteiger partial charge in [-0.15, -0.1) is 0 Å². The minimum atomic E-state index is -4.50. The SMILES string of the molecule is C=C(C)CN(CC)CC(=O)NC(=O)NCC(F)(F)F. The van der Waals surface area contributed by atoms with E-state index in [1.54, 1.807) is 17.1 Å². The van der Waals surface area contributed by atoms with Gasteiger partial charge in [-0.3, -0.25) is 15.0 Å². The Hall–Kier alpha value is -1.57. The number of rotatable bonds is 6. The van der Waals surface area contributed by atoms with Crippen molar-refractivity contribution in [3.63, 3.8) is 0 Å². The lowest BCUT2D eigenvalue weighted by atomic mass is 10.3. The van der Waals surface area contributed by atoms with Crippen LogP contribution in [-0.4, -0.2) is 49.2 Å². The summed E-state index contributed by atoms with van der Waals surface area (Å²) in [7, 11) is 0. The van der Waals surface area contributed by atoms with E-state index >= 15 is 0 Å². The molecule has 0 spiro atoms. The highest BCUT2D eigenvalue weighted by molar-refractivity contribution is 5.95. The molecule has 0 aromatic carbocycles. The Morgan fingerprint density at radius 2 is 1.84 bits per heavy atom. The molecule has 0 radical (unpaired) electrons. The van der Waals surface area contributed by atoms with Gasteiger partial charge in [-0.25, -0.2) is 4.79 Å². The van der Waals surface area contributed by atoms with Gasteiger partial charge in [0.1, 0.15) is 6.54 Å². The third-order valence-corrected chi connectivity index (χ3v) is 2.01. The highest BCUT2D eigenvalue weighted by Crippen LogP contribution is 2.11. The first kappa shape index (κ1) is 17.4. The molecular formula is C11H18F3N3O2. The second-order valence-corrected chi connectivity index (χ2v) is 4.11. The van der Waals surface area contributed by atoms with Gasteiger partial charge in [0.2, 0.25) is 5.91 Å². The van der Waals surface area contributed by atoms with E-state index in [-0.39, 0.29) is 6.54 Å². The number of hydrogen-bond donors (Lipinski definition) is 2. The molecular weight excluding hydrogens is 263 g/mol. The van der Waals surface area contributed by atoms with E-state index in [0.717, 1.165) is 5.57 Å². The molecule has 0 rings (SSSR count). The van der Waals surface area contributed by atoms with Gasteiger partial charge in [0, 0.05) is 6.54 Å². The van der Waals surface area contributed by atoms with Gasteiger partial charge in [-0.1, -0.05) is 19.1 Å². The molecule has 0 saturated carbocycles. The Morgan fingerprint density at radius 1 is 1.26 bits per heavy atom. The number of imide groups is 1. The van der Waals surface area contributed by atoms with Gasteiger partial charge in [-0.2, -0.15) is 13.2 Å². The molecule has 3 amide bonds. The molecule has 8 heteroatoms. The van der Waals surface area contributed by atoms with Crippen molar-refractivity contribution < 1.29 is 22.8 Å². The van der Waals surface area contributed by atoms with Gasteiger partial charge in [-0.05, 0) is 13.5 Å². The number of nitrogens with zero attached hydrogens (tertiary/aromatic N) is 1. The fraction of sp³-hybridized carbons (Fsp3) is 0.636. The fourth-order valence-corrected chi connectivity index (χ4v) is 1.26. The van der Waals surface area contributed by atoms with E-state index in [2.05, 4.69) is 6.58 Å². The zero-order valence-electron chi connectivity index (χ0n) is 10.9. The third kappa shape index (κ3) is 10.1. The number of halogens is 3. The van der Waals surface area contributed by atoms with Crippen LogP contribution in [0.4, 0.5) is 18.0 Å². The number of urea groups is 1. The van der Waals surface area contributed by atoms with Crippen molar-refractivity contribution in [1.29, 1.82) is 0 Å². The van der Waals surface area contributed by atoms with Crippen LogP contribution in [0.25, 0.3) is 0 Å². The van der Waals surface area contributed by atoms with Crippen molar-refractivity contribution in [1.82, 2.24) is 15.5 Å². The Morgan fingerprint density at radius 3 is 2.26 bits per heavy atom. The molecule has 0 bridgehead atoms. The lowest BCUT2D eigenvalue weighted by Crippen LogP contribution is -2.46. The Bertz CT molecular complexity index is 343. The molecule has 0 atom stereocenters. The fourth-order valence-electron chi connectivity index (χ4n) is 1.26. The van der Waals surface area contributed by atoms with Crippen LogP contribution < -0.4 is 10.6 Å². The van der Waals surface area contributed by atoms with E-state index in [4.69, 9.17) is 0 Å². The lowest BCUT2D eigenvalue weighted by molar-refractivity contribution is -0.125. The summed E-state index contributed by atoms with van der Waals surface area (Å²) in [6.45, 7) is 6.78. The largest absolute Gasteiger partial charge is 0.405 e. The van der Waals surface area contributed by atoms with Crippen LogP contribution in [0.5, 0.6) is 0 Å². The van der Waals surface area contributed by atoms with Crippen molar-refractivity contribution >= 4 is 11.9 Å². The quantitative estimate of drug-likeness (QED) is 0.721. The van der Waals surface area contributed by atoms with E-state index in [1.807, 2.05) is 12.2 Å². The monoisotopic (exact) mass is 281 g/mol. The van der Waals surface area contributed by atoms with Gasteiger partial charge in [0.15, 0.2) is 0 Å². The van der Waals surface area contributed by atoms with Gasteiger partial charge in [0.25, 0.3) is 0 Å². The molecule has 0 aromatic rings. The maximum absolute atomic E-state index is 11.8. The van der Waals surface area contributed by atoms with Crippen LogP contribution >= 0.6 is 0 Å². The number of carbonyl (C=O) groups is 2. The number of amides is 3. The van der Waals surface area contributed by atoms with Gasteiger partial charge in [0.05, 0.1) is 6.54 Å². The molecule has 110 valence electrons. The zero-order chi connectivity index (χ0) is 15.1. The summed E-state index contributed by atoms with van der Waals surface area (Å²) in [5.41, 5.74) is 0.844. The van der Waals surface area contributed by atoms with Crippen LogP contribution in [0.1, 0.15) is 13.8 Å². The van der Waals surface area contributed by atoms with E-state index in [0.29, 0.717) is 13.1 Å². The first-order valence-corrected chi connectivity index (χ1v) is 5.65. The van der Waals surface area contributed by atoms with Crippen molar-refractivity contribution in [3.8, 4) is 0 Å². The molecule has 0 aliphatic heterocycles. The molecule has 2 N–H and O–H groups in total. The van der Waals surface area contributed by atoms with Crippen LogP contribution in [-0.2, 0) is 4.79 Å². The van der Waals surface area contributed by atoms with Crippen molar-refractivity contribution in [3.05, 3.63) is 12.2 Å². The summed E-state index contributed by atoms with van der Waals surface area (Å²) in [6, 6.07) is -1.16. The first-order chi connectivity index (χ1) is 8.64. The molecule has 0 aliphatic carbocycles. The number of carbonyl (C=O) groups excluding carboxylic acids is 2. The average Bonchev–Trinajstić information content (AvgIpc) is 2.23. The summed E-state index contributed by atoms with van der Waals surface area (Å²) in [5, 5.41) is 3.38. The van der Waals surface area contributed by atoms with Crippen molar-refractivity contribution in [2.45, 2.75) is 20.0 Å². The number of hydrogen-bond acceptors (Lipinski definition) is 3. The molecule has 0 saturated heterocycles. The minimum Gasteiger partial charge on any atom is -0.329 e. The summed E-state index contributed by atoms with van der Waals surface area (Å²) in [4.78, 5) is 24.1. The number of nitrogens with one attached hydrogen (secondary N) is 2. The second-order valence-electron chi connectivity index (χ2n) is 4.11. The Labute approximate surface area is 109 Å². The zero-order valence-corrected chi connectivity index (χ0v) is 10.9. The van der Waals surface area contributed by atoms with Crippen LogP contribution in [0.15, 0.2) is 12.2 Å². The summed E-state index contributed by atoms with van der Waals surface area (Å²) in [5.74, 6) is -0.664. The summed E-state index contributed by atoms with van der Waals surface area (Å²) in [6.07, 6.45) is -4.50. The lowest BCUT2D eigenvalue weighted by Gasteiger charge is -2.19. The number of alkyl halides is 3. The maximum atomic E-state index is 11.8. The highest BCUT2D eigenvalue weighted by Gasteiger charge is 2.28. The normalized spacial score (nSPS) is 11.3. The highest BCUT2D eigenvalue weighted by atomic mass is 19.4. The second kappa shape index (κ2) is 7.78. The summed E-state index contributed by atoms with van der Waals surface area (Å²) >= 11 is 0. The Kier molecular flexibility index (Phi) is 7.13. The van der Waals surface area contributed by atoms with E-state index in [9.17, 15) is 22.8 Å².